The lowest BCUT2D eigenvalue weighted by molar-refractivity contribution is 0.0583. The Hall–Kier alpha value is -5.90. The normalized spacial score (nSPS) is 29.1. The third kappa shape index (κ3) is 5.32. The topological polar surface area (TPSA) is 137 Å². The SMILES string of the molecule is O[C@@H]1/C2=C(\c3ccccc3)c3ccc([nH]3)/C(c3ccccc3)=C3\NC(/C(c4ccccc4)=c4/cc/c([nH]4)=C(\c4ccccc4)C(N2)[C@@H]1O)[C@@H](O)[C@H]3O. The van der Waals surface area contributed by atoms with Crippen molar-refractivity contribution in [2.24, 2.45) is 0 Å². The van der Waals surface area contributed by atoms with Crippen LogP contribution in [0.15, 0.2) is 157 Å². The Labute approximate surface area is 300 Å². The first kappa shape index (κ1) is 32.0. The number of aromatic amines is 2. The van der Waals surface area contributed by atoms with Gasteiger partial charge in [0, 0.05) is 44.4 Å². The zero-order chi connectivity index (χ0) is 35.3. The van der Waals surface area contributed by atoms with Crippen LogP contribution in [0.2, 0.25) is 0 Å². The number of aromatic nitrogens is 2. The van der Waals surface area contributed by atoms with Crippen LogP contribution in [0.5, 0.6) is 0 Å². The third-order valence-electron chi connectivity index (χ3n) is 10.5. The summed E-state index contributed by atoms with van der Waals surface area (Å²) in [4.78, 5) is 7.25. The van der Waals surface area contributed by atoms with Crippen LogP contribution in [0.25, 0.3) is 22.3 Å². The van der Waals surface area contributed by atoms with Gasteiger partial charge in [0.25, 0.3) is 0 Å². The summed E-state index contributed by atoms with van der Waals surface area (Å²) in [7, 11) is 0. The number of benzene rings is 4. The van der Waals surface area contributed by atoms with Crippen LogP contribution >= 0.6 is 0 Å². The fourth-order valence-electron chi connectivity index (χ4n) is 8.07. The van der Waals surface area contributed by atoms with E-state index >= 15 is 0 Å². The Morgan fingerprint density at radius 2 is 0.712 bits per heavy atom. The maximum absolute atomic E-state index is 11.9. The molecule has 2 unspecified atom stereocenters. The summed E-state index contributed by atoms with van der Waals surface area (Å²) in [5.74, 6) is 0. The Morgan fingerprint density at radius 1 is 0.365 bits per heavy atom. The first-order valence-electron chi connectivity index (χ1n) is 17.6. The van der Waals surface area contributed by atoms with Crippen molar-refractivity contribution in [3.05, 3.63) is 201 Å². The lowest BCUT2D eigenvalue weighted by Crippen LogP contribution is -2.39. The Kier molecular flexibility index (Phi) is 8.02. The number of aliphatic hydroxyl groups excluding tert-OH is 4. The van der Waals surface area contributed by atoms with E-state index in [1.807, 2.05) is 146 Å². The summed E-state index contributed by atoms with van der Waals surface area (Å²) in [5, 5.41) is 56.3. The minimum atomic E-state index is -1.23. The first-order chi connectivity index (χ1) is 25.5. The van der Waals surface area contributed by atoms with Gasteiger partial charge in [-0.1, -0.05) is 121 Å². The van der Waals surface area contributed by atoms with Crippen molar-refractivity contribution in [2.45, 2.75) is 36.5 Å². The molecule has 2 fully saturated rings. The van der Waals surface area contributed by atoms with Crippen molar-refractivity contribution in [2.75, 3.05) is 0 Å². The van der Waals surface area contributed by atoms with E-state index in [1.54, 1.807) is 0 Å². The molecule has 5 heterocycles. The van der Waals surface area contributed by atoms with Gasteiger partial charge >= 0.3 is 0 Å². The molecule has 2 saturated heterocycles. The Morgan fingerprint density at radius 3 is 1.08 bits per heavy atom. The highest BCUT2D eigenvalue weighted by Crippen LogP contribution is 2.38. The molecular weight excluding hydrogens is 649 g/mol. The average Bonchev–Trinajstić information content (AvgIpc) is 3.98. The van der Waals surface area contributed by atoms with Crippen LogP contribution in [-0.4, -0.2) is 66.9 Å². The molecule has 52 heavy (non-hydrogen) atoms. The van der Waals surface area contributed by atoms with Crippen molar-refractivity contribution in [1.82, 2.24) is 20.6 Å². The molecule has 3 aliphatic heterocycles. The van der Waals surface area contributed by atoms with Crippen molar-refractivity contribution < 1.29 is 20.4 Å². The molecule has 258 valence electrons. The van der Waals surface area contributed by atoms with Gasteiger partial charge < -0.3 is 41.0 Å². The molecule has 0 amide bonds. The molecule has 8 nitrogen and oxygen atoms in total. The highest BCUT2D eigenvalue weighted by atomic mass is 16.3. The smallest absolute Gasteiger partial charge is 0.122 e. The molecule has 6 aromatic rings. The van der Waals surface area contributed by atoms with E-state index in [4.69, 9.17) is 0 Å². The fourth-order valence-corrected chi connectivity index (χ4v) is 8.07. The van der Waals surface area contributed by atoms with Gasteiger partial charge in [-0.25, -0.2) is 0 Å². The van der Waals surface area contributed by atoms with E-state index < -0.39 is 36.5 Å². The predicted molar refractivity (Wildman–Crippen MR) is 202 cm³/mol. The van der Waals surface area contributed by atoms with Gasteiger partial charge in [-0.3, -0.25) is 0 Å². The zero-order valence-corrected chi connectivity index (χ0v) is 28.1. The largest absolute Gasteiger partial charge is 0.387 e. The van der Waals surface area contributed by atoms with Gasteiger partial charge in [-0.15, -0.1) is 0 Å². The van der Waals surface area contributed by atoms with Crippen LogP contribution < -0.4 is 21.3 Å². The maximum Gasteiger partial charge on any atom is 0.122 e. The van der Waals surface area contributed by atoms with E-state index in [0.717, 1.165) is 44.1 Å². The second-order valence-corrected chi connectivity index (χ2v) is 13.6. The van der Waals surface area contributed by atoms with E-state index in [1.165, 1.54) is 0 Å². The lowest BCUT2D eigenvalue weighted by atomic mass is 9.94. The zero-order valence-electron chi connectivity index (χ0n) is 28.1. The van der Waals surface area contributed by atoms with E-state index in [-0.39, 0.29) is 0 Å². The summed E-state index contributed by atoms with van der Waals surface area (Å²) in [6.45, 7) is 0. The third-order valence-corrected chi connectivity index (χ3v) is 10.5. The number of hydrogen-bond donors (Lipinski definition) is 8. The fraction of sp³-hybridized carbons (Fsp3) is 0.136. The number of H-pyrrole nitrogens is 2. The molecule has 2 aromatic heterocycles. The molecule has 8 N–H and O–H groups in total. The summed E-state index contributed by atoms with van der Waals surface area (Å²) in [5.41, 5.74) is 8.82. The van der Waals surface area contributed by atoms with Crippen LogP contribution in [0.1, 0.15) is 33.6 Å². The number of hydrogen-bond acceptors (Lipinski definition) is 6. The quantitative estimate of drug-likeness (QED) is 0.143. The molecule has 8 bridgehead atoms. The average molecular weight is 687 g/mol. The maximum atomic E-state index is 11.9. The standard InChI is InChI=1S/C44H38N4O4/c49-41-37-33(25-13-5-1-6-14-25)29-21-22-30(45-29)34(26-15-7-2-8-16-26)39-43(51)44(52)40(48-39)36(28-19-11-4-12-20-28)32-24-23-31(46-32)35(38(47-37)42(41)50)27-17-9-3-10-18-27/h1-24,37,39,41-52H/b33-29-,34-30-,38-35-,40-36-/t37?,39?,41-,42+,43+,44-. The van der Waals surface area contributed by atoms with Crippen molar-refractivity contribution in [3.63, 3.8) is 0 Å². The van der Waals surface area contributed by atoms with Gasteiger partial charge in [0.2, 0.25) is 0 Å². The van der Waals surface area contributed by atoms with Crippen molar-refractivity contribution >= 4 is 22.3 Å². The molecule has 0 radical (unpaired) electrons. The molecular formula is C44H38N4O4. The van der Waals surface area contributed by atoms with Gasteiger partial charge in [0.1, 0.15) is 24.4 Å². The lowest BCUT2D eigenvalue weighted by Gasteiger charge is -2.21. The minimum absolute atomic E-state index is 0.490. The second-order valence-electron chi connectivity index (χ2n) is 13.6. The monoisotopic (exact) mass is 686 g/mol. The molecule has 9 rings (SSSR count). The molecule has 6 atom stereocenters. The summed E-state index contributed by atoms with van der Waals surface area (Å²) >= 11 is 0. The van der Waals surface area contributed by atoms with Gasteiger partial charge in [0.15, 0.2) is 0 Å². The van der Waals surface area contributed by atoms with E-state index in [0.29, 0.717) is 33.9 Å². The highest BCUT2D eigenvalue weighted by molar-refractivity contribution is 5.87. The molecule has 0 saturated carbocycles. The molecule has 8 heteroatoms. The number of nitrogens with one attached hydrogen (secondary N) is 4. The predicted octanol–water partition coefficient (Wildman–Crippen LogP) is 3.36. The van der Waals surface area contributed by atoms with Crippen LogP contribution in [-0.2, 0) is 0 Å². The van der Waals surface area contributed by atoms with Gasteiger partial charge in [-0.05, 0) is 46.5 Å². The van der Waals surface area contributed by atoms with Crippen molar-refractivity contribution in [1.29, 1.82) is 0 Å². The molecule has 0 spiro atoms. The molecule has 0 aliphatic carbocycles. The van der Waals surface area contributed by atoms with E-state index in [2.05, 4.69) is 20.6 Å². The van der Waals surface area contributed by atoms with Gasteiger partial charge in [-0.2, -0.15) is 0 Å². The summed E-state index contributed by atoms with van der Waals surface area (Å²) in [6, 6.07) is 45.8. The molecule has 3 aliphatic rings. The van der Waals surface area contributed by atoms with Crippen LogP contribution in [0.3, 0.4) is 0 Å². The van der Waals surface area contributed by atoms with E-state index in [9.17, 15) is 20.4 Å². The highest BCUT2D eigenvalue weighted by Gasteiger charge is 2.44. The second kappa shape index (κ2) is 13.0. The number of rotatable bonds is 4. The summed E-state index contributed by atoms with van der Waals surface area (Å²) in [6.07, 6.45) is -4.84. The van der Waals surface area contributed by atoms with Crippen molar-refractivity contribution in [3.8, 4) is 0 Å². The Bertz CT molecular complexity index is 2270. The minimum Gasteiger partial charge on any atom is -0.387 e. The molecule has 4 aromatic carbocycles. The number of fused-ring (bicyclic) bond motifs is 8. The number of aliphatic hydroxyl groups is 4. The van der Waals surface area contributed by atoms with Gasteiger partial charge in [0.05, 0.1) is 23.5 Å². The Balaban J connectivity index is 1.41. The van der Waals surface area contributed by atoms with Crippen LogP contribution in [0.4, 0.5) is 0 Å². The van der Waals surface area contributed by atoms with Crippen LogP contribution in [0, 0.1) is 0 Å². The summed E-state index contributed by atoms with van der Waals surface area (Å²) < 4.78 is 0. The first-order valence-corrected chi connectivity index (χ1v) is 17.6.